The van der Waals surface area contributed by atoms with Crippen molar-refractivity contribution in [3.63, 3.8) is 0 Å². The molecule has 1 aliphatic rings. The van der Waals surface area contributed by atoms with Crippen LogP contribution in [0.2, 0.25) is 0 Å². The lowest BCUT2D eigenvalue weighted by atomic mass is 10.0. The summed E-state index contributed by atoms with van der Waals surface area (Å²) in [5.41, 5.74) is 2.14. The fraction of sp³-hybridized carbons (Fsp3) is 0.588. The quantitative estimate of drug-likeness (QED) is 0.874. The Labute approximate surface area is 127 Å². The van der Waals surface area contributed by atoms with Crippen molar-refractivity contribution in [1.82, 2.24) is 9.80 Å². The first kappa shape index (κ1) is 16.0. The Hall–Kier alpha value is -1.39. The van der Waals surface area contributed by atoms with Gasteiger partial charge in [0.2, 0.25) is 0 Å². The summed E-state index contributed by atoms with van der Waals surface area (Å²) >= 11 is 0. The van der Waals surface area contributed by atoms with Gasteiger partial charge in [-0.3, -0.25) is 9.69 Å². The van der Waals surface area contributed by atoms with Crippen LogP contribution in [0.1, 0.15) is 37.4 Å². The van der Waals surface area contributed by atoms with Crippen molar-refractivity contribution in [2.45, 2.75) is 32.7 Å². The van der Waals surface area contributed by atoms with Crippen LogP contribution in [0.3, 0.4) is 0 Å². The lowest BCUT2D eigenvalue weighted by molar-refractivity contribution is -0.144. The Morgan fingerprint density at radius 3 is 2.24 bits per heavy atom. The summed E-state index contributed by atoms with van der Waals surface area (Å²) in [6.45, 7) is 8.98. The van der Waals surface area contributed by atoms with Gasteiger partial charge in [0.25, 0.3) is 0 Å². The van der Waals surface area contributed by atoms with Gasteiger partial charge in [0.15, 0.2) is 0 Å². The minimum Gasteiger partial charge on any atom is -0.480 e. The molecule has 1 unspecified atom stereocenters. The van der Waals surface area contributed by atoms with Crippen LogP contribution in [0.5, 0.6) is 0 Å². The SMILES string of the molecule is CCCN1CCN(C(C(=O)O)c2ccc(CC)cc2)CC1. The second-order valence-electron chi connectivity index (χ2n) is 5.71. The third-order valence-electron chi connectivity index (χ3n) is 4.25. The summed E-state index contributed by atoms with van der Waals surface area (Å²) in [6, 6.07) is 7.50. The van der Waals surface area contributed by atoms with Gasteiger partial charge in [-0.25, -0.2) is 0 Å². The minimum atomic E-state index is -0.747. The molecule has 0 spiro atoms. The Balaban J connectivity index is 2.07. The molecule has 0 bridgehead atoms. The summed E-state index contributed by atoms with van der Waals surface area (Å²) in [6.07, 6.45) is 2.13. The van der Waals surface area contributed by atoms with E-state index in [0.717, 1.165) is 51.1 Å². The first-order valence-corrected chi connectivity index (χ1v) is 7.93. The molecule has 116 valence electrons. The number of piperazine rings is 1. The molecule has 4 heteroatoms. The third-order valence-corrected chi connectivity index (χ3v) is 4.25. The Morgan fingerprint density at radius 1 is 1.14 bits per heavy atom. The highest BCUT2D eigenvalue weighted by Gasteiger charge is 2.29. The van der Waals surface area contributed by atoms with Gasteiger partial charge in [-0.05, 0) is 30.5 Å². The molecule has 1 heterocycles. The summed E-state index contributed by atoms with van der Waals surface area (Å²) in [5, 5.41) is 9.62. The Kier molecular flexibility index (Phi) is 5.76. The maximum atomic E-state index is 11.7. The maximum Gasteiger partial charge on any atom is 0.325 e. The van der Waals surface area contributed by atoms with Gasteiger partial charge in [0, 0.05) is 26.2 Å². The number of hydrogen-bond donors (Lipinski definition) is 1. The molecule has 0 radical (unpaired) electrons. The fourth-order valence-electron chi connectivity index (χ4n) is 3.01. The summed E-state index contributed by atoms with van der Waals surface area (Å²) in [5.74, 6) is -0.747. The van der Waals surface area contributed by atoms with Crippen LogP contribution in [0.15, 0.2) is 24.3 Å². The Bertz CT molecular complexity index is 450. The van der Waals surface area contributed by atoms with Gasteiger partial charge < -0.3 is 10.0 Å². The van der Waals surface area contributed by atoms with Crippen molar-refractivity contribution >= 4 is 5.97 Å². The number of hydrogen-bond acceptors (Lipinski definition) is 3. The molecular weight excluding hydrogens is 264 g/mol. The molecule has 0 saturated carbocycles. The molecule has 1 aromatic rings. The van der Waals surface area contributed by atoms with Crippen molar-refractivity contribution < 1.29 is 9.90 Å². The number of aryl methyl sites for hydroxylation is 1. The molecule has 1 N–H and O–H groups in total. The third kappa shape index (κ3) is 4.05. The smallest absolute Gasteiger partial charge is 0.325 e. The zero-order valence-electron chi connectivity index (χ0n) is 13.1. The molecule has 0 amide bonds. The van der Waals surface area contributed by atoms with E-state index in [1.165, 1.54) is 5.56 Å². The van der Waals surface area contributed by atoms with Crippen molar-refractivity contribution in [3.8, 4) is 0 Å². The van der Waals surface area contributed by atoms with Crippen LogP contribution >= 0.6 is 0 Å². The van der Waals surface area contributed by atoms with Gasteiger partial charge in [0.05, 0.1) is 0 Å². The topological polar surface area (TPSA) is 43.8 Å². The molecule has 1 aliphatic heterocycles. The minimum absolute atomic E-state index is 0.514. The average molecular weight is 290 g/mol. The maximum absolute atomic E-state index is 11.7. The second kappa shape index (κ2) is 7.57. The van der Waals surface area contributed by atoms with Crippen LogP contribution in [-0.4, -0.2) is 53.6 Å². The molecule has 2 rings (SSSR count). The van der Waals surface area contributed by atoms with Crippen LogP contribution < -0.4 is 0 Å². The predicted molar refractivity (Wildman–Crippen MR) is 84.5 cm³/mol. The number of rotatable bonds is 6. The summed E-state index contributed by atoms with van der Waals surface area (Å²) < 4.78 is 0. The van der Waals surface area contributed by atoms with Crippen molar-refractivity contribution in [2.24, 2.45) is 0 Å². The van der Waals surface area contributed by atoms with Crippen molar-refractivity contribution in [1.29, 1.82) is 0 Å². The summed E-state index contributed by atoms with van der Waals surface area (Å²) in [7, 11) is 0. The van der Waals surface area contributed by atoms with E-state index >= 15 is 0 Å². The van der Waals surface area contributed by atoms with E-state index in [2.05, 4.69) is 23.6 Å². The second-order valence-corrected chi connectivity index (χ2v) is 5.71. The van der Waals surface area contributed by atoms with E-state index in [1.807, 2.05) is 24.3 Å². The molecule has 1 fully saturated rings. The molecular formula is C17H26N2O2. The molecule has 0 aliphatic carbocycles. The van der Waals surface area contributed by atoms with Crippen molar-refractivity contribution in [2.75, 3.05) is 32.7 Å². The van der Waals surface area contributed by atoms with E-state index in [-0.39, 0.29) is 0 Å². The fourth-order valence-corrected chi connectivity index (χ4v) is 3.01. The summed E-state index contributed by atoms with van der Waals surface area (Å²) in [4.78, 5) is 16.2. The van der Waals surface area contributed by atoms with Gasteiger partial charge in [-0.1, -0.05) is 38.1 Å². The first-order chi connectivity index (χ1) is 10.2. The van der Waals surface area contributed by atoms with E-state index in [0.29, 0.717) is 0 Å². The largest absolute Gasteiger partial charge is 0.480 e. The van der Waals surface area contributed by atoms with Gasteiger partial charge in [0.1, 0.15) is 6.04 Å². The number of benzene rings is 1. The number of carboxylic acids is 1. The van der Waals surface area contributed by atoms with Crippen LogP contribution in [-0.2, 0) is 11.2 Å². The number of nitrogens with zero attached hydrogens (tertiary/aromatic N) is 2. The van der Waals surface area contributed by atoms with E-state index < -0.39 is 12.0 Å². The molecule has 4 nitrogen and oxygen atoms in total. The lowest BCUT2D eigenvalue weighted by Gasteiger charge is -2.37. The normalized spacial score (nSPS) is 18.6. The van der Waals surface area contributed by atoms with E-state index in [4.69, 9.17) is 0 Å². The van der Waals surface area contributed by atoms with Gasteiger partial charge >= 0.3 is 5.97 Å². The highest BCUT2D eigenvalue weighted by atomic mass is 16.4. The number of carboxylic acid groups (broad SMARTS) is 1. The molecule has 0 aromatic heterocycles. The van der Waals surface area contributed by atoms with Crippen LogP contribution in [0, 0.1) is 0 Å². The molecule has 1 atom stereocenters. The monoisotopic (exact) mass is 290 g/mol. The van der Waals surface area contributed by atoms with E-state index in [1.54, 1.807) is 0 Å². The highest BCUT2D eigenvalue weighted by molar-refractivity contribution is 5.75. The highest BCUT2D eigenvalue weighted by Crippen LogP contribution is 2.23. The van der Waals surface area contributed by atoms with E-state index in [9.17, 15) is 9.90 Å². The molecule has 1 aromatic carbocycles. The van der Waals surface area contributed by atoms with Gasteiger partial charge in [-0.15, -0.1) is 0 Å². The molecule has 1 saturated heterocycles. The lowest BCUT2D eigenvalue weighted by Crippen LogP contribution is -2.49. The van der Waals surface area contributed by atoms with Crippen LogP contribution in [0.25, 0.3) is 0 Å². The number of aliphatic carboxylic acids is 1. The predicted octanol–water partition coefficient (Wildman–Crippen LogP) is 2.40. The van der Waals surface area contributed by atoms with Crippen LogP contribution in [0.4, 0.5) is 0 Å². The Morgan fingerprint density at radius 2 is 1.76 bits per heavy atom. The zero-order chi connectivity index (χ0) is 15.2. The average Bonchev–Trinajstić information content (AvgIpc) is 2.50. The van der Waals surface area contributed by atoms with Crippen molar-refractivity contribution in [3.05, 3.63) is 35.4 Å². The molecule has 21 heavy (non-hydrogen) atoms. The zero-order valence-corrected chi connectivity index (χ0v) is 13.1. The number of carbonyl (C=O) groups is 1. The first-order valence-electron chi connectivity index (χ1n) is 7.93. The standard InChI is InChI=1S/C17H26N2O2/c1-3-9-18-10-12-19(13-11-18)16(17(20)21)15-7-5-14(4-2)6-8-15/h5-8,16H,3-4,9-13H2,1-2H3,(H,20,21). The van der Waals surface area contributed by atoms with Gasteiger partial charge in [-0.2, -0.15) is 0 Å².